The maximum atomic E-state index is 12.5. The molecule has 0 spiro atoms. The largest absolute Gasteiger partial charge is 0.380 e. The topological polar surface area (TPSA) is 55.6 Å². The van der Waals surface area contributed by atoms with Gasteiger partial charge in [0, 0.05) is 32.3 Å². The Labute approximate surface area is 134 Å². The molecule has 0 aromatic heterocycles. The van der Waals surface area contributed by atoms with Crippen LogP contribution in [0.4, 0.5) is 0 Å². The number of hydrogen-bond acceptors (Lipinski definition) is 3. The van der Waals surface area contributed by atoms with Crippen LogP contribution >= 0.6 is 12.4 Å². The number of nitrogens with zero attached hydrogens (tertiary/aromatic N) is 1. The first-order valence-electron chi connectivity index (χ1n) is 7.05. The van der Waals surface area contributed by atoms with Crippen LogP contribution < -0.4 is 5.73 Å². The van der Waals surface area contributed by atoms with Gasteiger partial charge in [-0.15, -0.1) is 12.4 Å². The number of rotatable bonds is 7. The summed E-state index contributed by atoms with van der Waals surface area (Å²) in [5, 5.41) is 0. The molecule has 0 saturated carbocycles. The van der Waals surface area contributed by atoms with E-state index in [2.05, 4.69) is 13.8 Å². The Morgan fingerprint density at radius 2 is 1.95 bits per heavy atom. The molecule has 0 saturated heterocycles. The minimum atomic E-state index is 0. The van der Waals surface area contributed by atoms with Gasteiger partial charge in [0.2, 0.25) is 0 Å². The van der Waals surface area contributed by atoms with Crippen LogP contribution in [-0.2, 0) is 11.3 Å². The molecule has 1 amide bonds. The van der Waals surface area contributed by atoms with E-state index in [1.165, 1.54) is 0 Å². The smallest absolute Gasteiger partial charge is 0.253 e. The van der Waals surface area contributed by atoms with Crippen molar-refractivity contribution in [1.82, 2.24) is 4.90 Å². The van der Waals surface area contributed by atoms with Crippen LogP contribution in [0.15, 0.2) is 24.3 Å². The SMILES string of the molecule is COCc1ccccc1C(=O)N(C)CCC(N)C(C)C.Cl. The fourth-order valence-electron chi connectivity index (χ4n) is 1.99. The third-order valence-electron chi connectivity index (χ3n) is 3.55. The molecule has 2 N–H and O–H groups in total. The van der Waals surface area contributed by atoms with Gasteiger partial charge in [0.05, 0.1) is 6.61 Å². The summed E-state index contributed by atoms with van der Waals surface area (Å²) in [5.74, 6) is 0.452. The van der Waals surface area contributed by atoms with Crippen LogP contribution in [0.5, 0.6) is 0 Å². The summed E-state index contributed by atoms with van der Waals surface area (Å²) in [6.07, 6.45) is 0.812. The monoisotopic (exact) mass is 314 g/mol. The van der Waals surface area contributed by atoms with E-state index >= 15 is 0 Å². The molecule has 1 rings (SSSR count). The van der Waals surface area contributed by atoms with E-state index in [-0.39, 0.29) is 24.4 Å². The lowest BCUT2D eigenvalue weighted by Crippen LogP contribution is -2.35. The maximum Gasteiger partial charge on any atom is 0.253 e. The lowest BCUT2D eigenvalue weighted by atomic mass is 10.0. The third-order valence-corrected chi connectivity index (χ3v) is 3.55. The van der Waals surface area contributed by atoms with E-state index in [1.54, 1.807) is 12.0 Å². The molecule has 0 bridgehead atoms. The zero-order valence-corrected chi connectivity index (χ0v) is 14.2. The number of carbonyl (C=O) groups is 1. The molecule has 0 radical (unpaired) electrons. The summed E-state index contributed by atoms with van der Waals surface area (Å²) >= 11 is 0. The van der Waals surface area contributed by atoms with Crippen molar-refractivity contribution in [2.24, 2.45) is 11.7 Å². The minimum absolute atomic E-state index is 0. The number of hydrogen-bond donors (Lipinski definition) is 1. The van der Waals surface area contributed by atoms with Crippen LogP contribution in [0.2, 0.25) is 0 Å². The molecule has 1 aromatic rings. The van der Waals surface area contributed by atoms with Crippen molar-refractivity contribution in [2.45, 2.75) is 32.9 Å². The Kier molecular flexibility index (Phi) is 9.26. The zero-order valence-electron chi connectivity index (χ0n) is 13.3. The van der Waals surface area contributed by atoms with E-state index in [9.17, 15) is 4.79 Å². The van der Waals surface area contributed by atoms with Gasteiger partial charge in [-0.25, -0.2) is 0 Å². The van der Waals surface area contributed by atoms with Gasteiger partial charge in [-0.1, -0.05) is 32.0 Å². The van der Waals surface area contributed by atoms with Crippen LogP contribution in [0.25, 0.3) is 0 Å². The Hall–Kier alpha value is -1.10. The van der Waals surface area contributed by atoms with E-state index < -0.39 is 0 Å². The van der Waals surface area contributed by atoms with Crippen LogP contribution in [0.3, 0.4) is 0 Å². The Morgan fingerprint density at radius 3 is 2.52 bits per heavy atom. The molecule has 0 aliphatic carbocycles. The molecule has 1 atom stereocenters. The average Bonchev–Trinajstić information content (AvgIpc) is 2.44. The molecule has 1 unspecified atom stereocenters. The molecule has 21 heavy (non-hydrogen) atoms. The average molecular weight is 315 g/mol. The highest BCUT2D eigenvalue weighted by molar-refractivity contribution is 5.95. The number of ether oxygens (including phenoxy) is 1. The summed E-state index contributed by atoms with van der Waals surface area (Å²) in [6, 6.07) is 7.68. The zero-order chi connectivity index (χ0) is 15.1. The van der Waals surface area contributed by atoms with Crippen LogP contribution in [0.1, 0.15) is 36.2 Å². The second-order valence-corrected chi connectivity index (χ2v) is 5.51. The second kappa shape index (κ2) is 9.77. The first-order chi connectivity index (χ1) is 9.47. The Morgan fingerprint density at radius 1 is 1.33 bits per heavy atom. The molecule has 0 aliphatic heterocycles. The molecule has 4 nitrogen and oxygen atoms in total. The summed E-state index contributed by atoms with van der Waals surface area (Å²) in [7, 11) is 3.45. The lowest BCUT2D eigenvalue weighted by molar-refractivity contribution is 0.0784. The molecule has 0 fully saturated rings. The van der Waals surface area contributed by atoms with Gasteiger partial charge in [-0.2, -0.15) is 0 Å². The van der Waals surface area contributed by atoms with Gasteiger partial charge in [0.25, 0.3) is 5.91 Å². The highest BCUT2D eigenvalue weighted by Gasteiger charge is 2.16. The predicted octanol–water partition coefficient (Wildman–Crippen LogP) is 2.70. The maximum absolute atomic E-state index is 12.5. The number of nitrogens with two attached hydrogens (primary N) is 1. The summed E-state index contributed by atoms with van der Waals surface area (Å²) in [6.45, 7) is 5.31. The van der Waals surface area contributed by atoms with Gasteiger partial charge in [-0.05, 0) is 24.0 Å². The summed E-state index contributed by atoms with van der Waals surface area (Å²) in [4.78, 5) is 14.2. The summed E-state index contributed by atoms with van der Waals surface area (Å²) in [5.41, 5.74) is 7.64. The van der Waals surface area contributed by atoms with Crippen molar-refractivity contribution >= 4 is 18.3 Å². The third kappa shape index (κ3) is 6.04. The van der Waals surface area contributed by atoms with Crippen molar-refractivity contribution in [3.8, 4) is 0 Å². The molecular formula is C16H27ClN2O2. The first kappa shape index (κ1) is 19.9. The molecule has 0 heterocycles. The van der Waals surface area contributed by atoms with Gasteiger partial charge < -0.3 is 15.4 Å². The Balaban J connectivity index is 0.00000400. The number of halogens is 1. The van der Waals surface area contributed by atoms with Crippen LogP contribution in [0, 0.1) is 5.92 Å². The van der Waals surface area contributed by atoms with E-state index in [4.69, 9.17) is 10.5 Å². The molecule has 120 valence electrons. The lowest BCUT2D eigenvalue weighted by Gasteiger charge is -2.22. The number of carbonyl (C=O) groups excluding carboxylic acids is 1. The fraction of sp³-hybridized carbons (Fsp3) is 0.562. The van der Waals surface area contributed by atoms with Gasteiger partial charge in [0.1, 0.15) is 0 Å². The highest BCUT2D eigenvalue weighted by Crippen LogP contribution is 2.13. The predicted molar refractivity (Wildman–Crippen MR) is 88.8 cm³/mol. The Bertz CT molecular complexity index is 438. The quantitative estimate of drug-likeness (QED) is 0.842. The van der Waals surface area contributed by atoms with E-state index in [0.717, 1.165) is 12.0 Å². The van der Waals surface area contributed by atoms with Crippen LogP contribution in [-0.4, -0.2) is 37.6 Å². The van der Waals surface area contributed by atoms with Gasteiger partial charge in [0.15, 0.2) is 0 Å². The molecule has 0 aliphatic rings. The van der Waals surface area contributed by atoms with Crippen molar-refractivity contribution < 1.29 is 9.53 Å². The van der Waals surface area contributed by atoms with E-state index in [0.29, 0.717) is 24.6 Å². The number of methoxy groups -OCH3 is 1. The standard InChI is InChI=1S/C16H26N2O2.ClH/c1-12(2)15(17)9-10-18(3)16(19)14-8-6-5-7-13(14)11-20-4;/h5-8,12,15H,9-11,17H2,1-4H3;1H. The minimum Gasteiger partial charge on any atom is -0.380 e. The van der Waals surface area contributed by atoms with Crippen molar-refractivity contribution in [3.05, 3.63) is 35.4 Å². The number of amides is 1. The molecular weight excluding hydrogens is 288 g/mol. The number of benzene rings is 1. The first-order valence-corrected chi connectivity index (χ1v) is 7.05. The van der Waals surface area contributed by atoms with Crippen molar-refractivity contribution in [1.29, 1.82) is 0 Å². The van der Waals surface area contributed by atoms with Gasteiger partial charge >= 0.3 is 0 Å². The van der Waals surface area contributed by atoms with E-state index in [1.807, 2.05) is 31.3 Å². The van der Waals surface area contributed by atoms with Crippen molar-refractivity contribution in [2.75, 3.05) is 20.7 Å². The fourth-order valence-corrected chi connectivity index (χ4v) is 1.99. The second-order valence-electron chi connectivity index (χ2n) is 5.51. The van der Waals surface area contributed by atoms with Gasteiger partial charge in [-0.3, -0.25) is 4.79 Å². The molecule has 5 heteroatoms. The summed E-state index contributed by atoms with van der Waals surface area (Å²) < 4.78 is 5.14. The normalized spacial score (nSPS) is 11.9. The van der Waals surface area contributed by atoms with Crippen molar-refractivity contribution in [3.63, 3.8) is 0 Å². The highest BCUT2D eigenvalue weighted by atomic mass is 35.5. The molecule has 1 aromatic carbocycles.